The Morgan fingerprint density at radius 1 is 1.12 bits per heavy atom. The summed E-state index contributed by atoms with van der Waals surface area (Å²) in [5, 5.41) is 0. The van der Waals surface area contributed by atoms with Gasteiger partial charge in [0, 0.05) is 18.5 Å². The molecule has 0 aromatic rings. The molecular weight excluding hydrogens is 198 g/mol. The maximum absolute atomic E-state index is 12.1. The van der Waals surface area contributed by atoms with E-state index in [1.165, 1.54) is 44.9 Å². The van der Waals surface area contributed by atoms with Crippen molar-refractivity contribution in [1.82, 2.24) is 4.90 Å². The number of fused-ring (bicyclic) bond motifs is 2. The van der Waals surface area contributed by atoms with E-state index < -0.39 is 0 Å². The highest BCUT2D eigenvalue weighted by Gasteiger charge is 2.37. The monoisotopic (exact) mass is 223 g/mol. The normalized spacial score (nSPS) is 34.6. The molecule has 2 aliphatic heterocycles. The fourth-order valence-electron chi connectivity index (χ4n) is 3.59. The van der Waals surface area contributed by atoms with E-state index in [9.17, 15) is 4.79 Å². The molecule has 0 aromatic carbocycles. The van der Waals surface area contributed by atoms with Crippen molar-refractivity contribution in [3.05, 3.63) is 0 Å². The fourth-order valence-corrected chi connectivity index (χ4v) is 3.59. The molecule has 0 spiro atoms. The molecule has 2 heteroatoms. The summed E-state index contributed by atoms with van der Waals surface area (Å²) in [5.41, 5.74) is 0. The van der Waals surface area contributed by atoms with Gasteiger partial charge in [0.05, 0.1) is 0 Å². The van der Waals surface area contributed by atoms with Crippen LogP contribution in [0.15, 0.2) is 0 Å². The second kappa shape index (κ2) is 5.20. The van der Waals surface area contributed by atoms with Gasteiger partial charge in [-0.05, 0) is 31.6 Å². The van der Waals surface area contributed by atoms with Crippen molar-refractivity contribution in [2.75, 3.05) is 0 Å². The van der Waals surface area contributed by atoms with Gasteiger partial charge in [0.2, 0.25) is 5.91 Å². The summed E-state index contributed by atoms with van der Waals surface area (Å²) in [5.74, 6) is 1.26. The van der Waals surface area contributed by atoms with Crippen LogP contribution in [0.5, 0.6) is 0 Å². The molecule has 0 N–H and O–H groups in total. The fraction of sp³-hybridized carbons (Fsp3) is 0.929. The number of rotatable bonds is 2. The summed E-state index contributed by atoms with van der Waals surface area (Å²) < 4.78 is 0. The lowest BCUT2D eigenvalue weighted by Crippen LogP contribution is -2.51. The summed E-state index contributed by atoms with van der Waals surface area (Å²) in [4.78, 5) is 14.3. The number of nitrogens with zero attached hydrogens (tertiary/aromatic N) is 1. The highest BCUT2D eigenvalue weighted by Crippen LogP contribution is 2.37. The Balaban J connectivity index is 2.14. The predicted octanol–water partition coefficient (Wildman–Crippen LogP) is 3.36. The summed E-state index contributed by atoms with van der Waals surface area (Å²) >= 11 is 0. The second-order valence-electron chi connectivity index (χ2n) is 5.49. The number of hydrogen-bond donors (Lipinski definition) is 0. The van der Waals surface area contributed by atoms with E-state index in [0.717, 1.165) is 5.92 Å². The molecule has 0 saturated carbocycles. The van der Waals surface area contributed by atoms with E-state index in [1.807, 2.05) is 6.92 Å². The SMILES string of the molecule is CCC(=O)N1[C@@H]2CCCC[C@H]1CC(CC)C2. The molecule has 2 heterocycles. The van der Waals surface area contributed by atoms with Crippen molar-refractivity contribution in [3.8, 4) is 0 Å². The number of piperidine rings is 1. The Bertz CT molecular complexity index is 235. The third kappa shape index (κ3) is 2.26. The van der Waals surface area contributed by atoms with Gasteiger partial charge < -0.3 is 4.90 Å². The molecule has 2 nitrogen and oxygen atoms in total. The van der Waals surface area contributed by atoms with Crippen molar-refractivity contribution in [3.63, 3.8) is 0 Å². The van der Waals surface area contributed by atoms with Gasteiger partial charge in [0.15, 0.2) is 0 Å². The summed E-state index contributed by atoms with van der Waals surface area (Å²) in [6.45, 7) is 4.30. The first-order chi connectivity index (χ1) is 7.76. The van der Waals surface area contributed by atoms with Gasteiger partial charge in [-0.3, -0.25) is 4.79 Å². The van der Waals surface area contributed by atoms with Crippen molar-refractivity contribution >= 4 is 5.91 Å². The Kier molecular flexibility index (Phi) is 3.88. The van der Waals surface area contributed by atoms with E-state index in [4.69, 9.17) is 0 Å². The summed E-state index contributed by atoms with van der Waals surface area (Å²) in [6, 6.07) is 1.14. The minimum atomic E-state index is 0.395. The third-order valence-electron chi connectivity index (χ3n) is 4.49. The first kappa shape index (κ1) is 11.9. The van der Waals surface area contributed by atoms with Gasteiger partial charge in [0.25, 0.3) is 0 Å². The lowest BCUT2D eigenvalue weighted by molar-refractivity contribution is -0.139. The zero-order valence-corrected chi connectivity index (χ0v) is 10.7. The van der Waals surface area contributed by atoms with Crippen molar-refractivity contribution in [2.45, 2.75) is 77.3 Å². The predicted molar refractivity (Wildman–Crippen MR) is 66.2 cm³/mol. The largest absolute Gasteiger partial charge is 0.337 e. The van der Waals surface area contributed by atoms with Crippen molar-refractivity contribution in [1.29, 1.82) is 0 Å². The molecule has 2 rings (SSSR count). The van der Waals surface area contributed by atoms with E-state index in [1.54, 1.807) is 0 Å². The molecule has 2 fully saturated rings. The molecule has 16 heavy (non-hydrogen) atoms. The van der Waals surface area contributed by atoms with E-state index >= 15 is 0 Å². The number of carbonyl (C=O) groups is 1. The van der Waals surface area contributed by atoms with Crippen molar-refractivity contribution < 1.29 is 4.79 Å². The quantitative estimate of drug-likeness (QED) is 0.703. The van der Waals surface area contributed by atoms with Gasteiger partial charge in [-0.2, -0.15) is 0 Å². The highest BCUT2D eigenvalue weighted by atomic mass is 16.2. The first-order valence-corrected chi connectivity index (χ1v) is 7.07. The molecule has 1 amide bonds. The zero-order chi connectivity index (χ0) is 11.5. The van der Waals surface area contributed by atoms with Crippen LogP contribution < -0.4 is 0 Å². The summed E-state index contributed by atoms with van der Waals surface area (Å²) in [6.07, 6.45) is 9.65. The first-order valence-electron chi connectivity index (χ1n) is 7.07. The molecule has 3 atom stereocenters. The van der Waals surface area contributed by atoms with E-state index in [-0.39, 0.29) is 0 Å². The van der Waals surface area contributed by atoms with Gasteiger partial charge in [-0.25, -0.2) is 0 Å². The lowest BCUT2D eigenvalue weighted by atomic mass is 9.83. The number of amides is 1. The van der Waals surface area contributed by atoms with Crippen molar-refractivity contribution in [2.24, 2.45) is 5.92 Å². The average Bonchev–Trinajstić information content (AvgIpc) is 2.44. The molecule has 2 bridgehead atoms. The topological polar surface area (TPSA) is 20.3 Å². The van der Waals surface area contributed by atoms with Crippen LogP contribution in [0.25, 0.3) is 0 Å². The molecule has 0 radical (unpaired) electrons. The van der Waals surface area contributed by atoms with Gasteiger partial charge >= 0.3 is 0 Å². The molecule has 2 saturated heterocycles. The smallest absolute Gasteiger partial charge is 0.222 e. The number of hydrogen-bond acceptors (Lipinski definition) is 1. The summed E-state index contributed by atoms with van der Waals surface area (Å²) in [7, 11) is 0. The van der Waals surface area contributed by atoms with Gasteiger partial charge in [-0.15, -0.1) is 0 Å². The van der Waals surface area contributed by atoms with Crippen LogP contribution in [0, 0.1) is 5.92 Å². The van der Waals surface area contributed by atoms with Crippen LogP contribution in [-0.2, 0) is 4.79 Å². The van der Waals surface area contributed by atoms with E-state index in [0.29, 0.717) is 24.4 Å². The highest BCUT2D eigenvalue weighted by molar-refractivity contribution is 5.76. The average molecular weight is 223 g/mol. The molecule has 1 unspecified atom stereocenters. The second-order valence-corrected chi connectivity index (χ2v) is 5.49. The van der Waals surface area contributed by atoms with Crippen LogP contribution >= 0.6 is 0 Å². The number of carbonyl (C=O) groups excluding carboxylic acids is 1. The minimum absolute atomic E-state index is 0.395. The van der Waals surface area contributed by atoms with Crippen LogP contribution in [0.4, 0.5) is 0 Å². The molecule has 92 valence electrons. The Labute approximate surface area is 99.4 Å². The molecular formula is C14H25NO. The minimum Gasteiger partial charge on any atom is -0.337 e. The Hall–Kier alpha value is -0.530. The van der Waals surface area contributed by atoms with Gasteiger partial charge in [0.1, 0.15) is 0 Å². The maximum Gasteiger partial charge on any atom is 0.222 e. The Morgan fingerprint density at radius 2 is 1.69 bits per heavy atom. The Morgan fingerprint density at radius 3 is 2.12 bits per heavy atom. The molecule has 0 aliphatic carbocycles. The van der Waals surface area contributed by atoms with Crippen LogP contribution in [0.1, 0.15) is 65.2 Å². The third-order valence-corrected chi connectivity index (χ3v) is 4.49. The van der Waals surface area contributed by atoms with Crippen LogP contribution in [0.3, 0.4) is 0 Å². The van der Waals surface area contributed by atoms with Crippen LogP contribution in [0.2, 0.25) is 0 Å². The van der Waals surface area contributed by atoms with E-state index in [2.05, 4.69) is 11.8 Å². The lowest BCUT2D eigenvalue weighted by Gasteiger charge is -2.44. The zero-order valence-electron chi connectivity index (χ0n) is 10.7. The maximum atomic E-state index is 12.1. The molecule has 2 aliphatic rings. The molecule has 0 aromatic heterocycles. The van der Waals surface area contributed by atoms with Crippen LogP contribution in [-0.4, -0.2) is 22.9 Å². The van der Waals surface area contributed by atoms with Gasteiger partial charge in [-0.1, -0.05) is 33.1 Å². The standard InChI is InChI=1S/C14H25NO/c1-3-11-9-12-7-5-6-8-13(10-11)15(12)14(16)4-2/h11-13H,3-10H2,1-2H3/t11?,12-,13+.